The van der Waals surface area contributed by atoms with Crippen LogP contribution in [0.15, 0.2) is 11.6 Å². The maximum atomic E-state index is 13.1. The first-order valence-corrected chi connectivity index (χ1v) is 12.5. The van der Waals surface area contributed by atoms with Crippen molar-refractivity contribution in [1.82, 2.24) is 13.9 Å². The molecule has 0 spiro atoms. The Hall–Kier alpha value is -0.920. The fraction of sp³-hybridized carbons (Fsp3) is 0.857. The van der Waals surface area contributed by atoms with Crippen LogP contribution in [-0.2, 0) is 15.0 Å². The number of carbonyl (C=O) groups excluding carboxylic acids is 1. The highest BCUT2D eigenvalue weighted by Gasteiger charge is 2.38. The highest BCUT2D eigenvalue weighted by atomic mass is 32.2. The monoisotopic (exact) mass is 411 g/mol. The molecule has 6 nitrogen and oxygen atoms in total. The van der Waals surface area contributed by atoms with E-state index in [9.17, 15) is 13.2 Å². The number of piperidine rings is 2. The van der Waals surface area contributed by atoms with Gasteiger partial charge in [-0.1, -0.05) is 25.5 Å². The van der Waals surface area contributed by atoms with Crippen molar-refractivity contribution in [2.45, 2.75) is 65.2 Å². The van der Waals surface area contributed by atoms with Gasteiger partial charge in [-0.3, -0.25) is 4.79 Å². The minimum atomic E-state index is -3.48. The molecule has 0 saturated carbocycles. The van der Waals surface area contributed by atoms with E-state index in [1.165, 1.54) is 18.4 Å². The summed E-state index contributed by atoms with van der Waals surface area (Å²) in [6.07, 6.45) is 10.7. The lowest BCUT2D eigenvalue weighted by atomic mass is 9.94. The van der Waals surface area contributed by atoms with Crippen LogP contribution in [0.5, 0.6) is 0 Å². The van der Waals surface area contributed by atoms with Crippen LogP contribution in [0.4, 0.5) is 0 Å². The van der Waals surface area contributed by atoms with Crippen molar-refractivity contribution in [1.29, 1.82) is 0 Å². The van der Waals surface area contributed by atoms with Gasteiger partial charge in [0, 0.05) is 32.7 Å². The van der Waals surface area contributed by atoms with Crippen LogP contribution >= 0.6 is 0 Å². The van der Waals surface area contributed by atoms with E-state index in [4.69, 9.17) is 0 Å². The molecule has 3 atom stereocenters. The lowest BCUT2D eigenvalue weighted by Gasteiger charge is -2.39. The summed E-state index contributed by atoms with van der Waals surface area (Å²) >= 11 is 0. The zero-order valence-corrected chi connectivity index (χ0v) is 18.3. The first-order chi connectivity index (χ1) is 13.4. The van der Waals surface area contributed by atoms with Gasteiger partial charge in [-0.2, -0.15) is 17.0 Å². The molecule has 0 bridgehead atoms. The first-order valence-electron chi connectivity index (χ1n) is 11.1. The quantitative estimate of drug-likeness (QED) is 0.683. The van der Waals surface area contributed by atoms with Crippen molar-refractivity contribution < 1.29 is 13.2 Å². The number of rotatable bonds is 6. The van der Waals surface area contributed by atoms with Crippen LogP contribution in [0.1, 0.15) is 65.2 Å². The van der Waals surface area contributed by atoms with Gasteiger partial charge >= 0.3 is 0 Å². The molecule has 0 aromatic carbocycles. The fourth-order valence-electron chi connectivity index (χ4n) is 4.95. The predicted octanol–water partition coefficient (Wildman–Crippen LogP) is 2.93. The van der Waals surface area contributed by atoms with Gasteiger partial charge in [0.1, 0.15) is 0 Å². The van der Waals surface area contributed by atoms with Crippen molar-refractivity contribution >= 4 is 16.1 Å². The lowest BCUT2D eigenvalue weighted by molar-refractivity contribution is -0.126. The van der Waals surface area contributed by atoms with Crippen LogP contribution in [0.2, 0.25) is 0 Å². The molecule has 160 valence electrons. The molecule has 2 saturated heterocycles. The number of nitrogens with zero attached hydrogens (tertiary/aromatic N) is 2. The van der Waals surface area contributed by atoms with E-state index in [-0.39, 0.29) is 11.8 Å². The lowest BCUT2D eigenvalue weighted by Crippen LogP contribution is -2.53. The molecule has 0 aromatic rings. The largest absolute Gasteiger partial charge is 0.356 e. The Labute approximate surface area is 170 Å². The molecule has 0 aromatic heterocycles. The number of allylic oxidation sites excluding steroid dienone is 1. The minimum Gasteiger partial charge on any atom is -0.356 e. The van der Waals surface area contributed by atoms with E-state index >= 15 is 0 Å². The molecule has 1 amide bonds. The third kappa shape index (κ3) is 5.57. The second-order valence-electron chi connectivity index (χ2n) is 9.12. The van der Waals surface area contributed by atoms with Gasteiger partial charge < -0.3 is 5.32 Å². The molecule has 3 aliphatic rings. The second kappa shape index (κ2) is 9.72. The van der Waals surface area contributed by atoms with E-state index in [0.29, 0.717) is 44.6 Å². The van der Waals surface area contributed by atoms with E-state index in [2.05, 4.69) is 25.2 Å². The van der Waals surface area contributed by atoms with Gasteiger partial charge in [0.15, 0.2) is 0 Å². The molecular formula is C21H37N3O3S. The van der Waals surface area contributed by atoms with Crippen LogP contribution < -0.4 is 5.32 Å². The normalized spacial score (nSPS) is 30.6. The Morgan fingerprint density at radius 1 is 1.11 bits per heavy atom. The zero-order chi connectivity index (χ0) is 20.1. The van der Waals surface area contributed by atoms with Crippen LogP contribution in [0, 0.1) is 17.8 Å². The van der Waals surface area contributed by atoms with Gasteiger partial charge in [-0.05, 0) is 63.2 Å². The zero-order valence-electron chi connectivity index (χ0n) is 17.5. The fourth-order valence-corrected chi connectivity index (χ4v) is 6.89. The third-order valence-electron chi connectivity index (χ3n) is 6.37. The summed E-state index contributed by atoms with van der Waals surface area (Å²) in [4.78, 5) is 12.6. The van der Waals surface area contributed by atoms with Crippen LogP contribution in [0.3, 0.4) is 0 Å². The van der Waals surface area contributed by atoms with Crippen molar-refractivity contribution in [2.75, 3.05) is 32.7 Å². The summed E-state index contributed by atoms with van der Waals surface area (Å²) in [6.45, 7) is 6.92. The van der Waals surface area contributed by atoms with E-state index < -0.39 is 10.2 Å². The van der Waals surface area contributed by atoms with Gasteiger partial charge in [0.2, 0.25) is 5.91 Å². The van der Waals surface area contributed by atoms with Crippen molar-refractivity contribution in [3.63, 3.8) is 0 Å². The summed E-state index contributed by atoms with van der Waals surface area (Å²) in [6, 6.07) is 0. The number of nitrogens with one attached hydrogen (secondary N) is 1. The average molecular weight is 412 g/mol. The van der Waals surface area contributed by atoms with Gasteiger partial charge in [-0.25, -0.2) is 0 Å². The highest BCUT2D eigenvalue weighted by molar-refractivity contribution is 7.86. The standard InChI is InChI=1S/C21H37N3O3S/c1-17-13-18(2)15-24(14-17)28(26,27)23-12-6-9-20(16-23)21(25)22-11-10-19-7-4-3-5-8-19/h7,17-18,20H,3-6,8-16H2,1-2H3,(H,22,25). The summed E-state index contributed by atoms with van der Waals surface area (Å²) in [5, 5.41) is 3.05. The number of hydrogen-bond acceptors (Lipinski definition) is 3. The van der Waals surface area contributed by atoms with Gasteiger partial charge in [0.05, 0.1) is 5.92 Å². The summed E-state index contributed by atoms with van der Waals surface area (Å²) < 4.78 is 29.5. The van der Waals surface area contributed by atoms with Gasteiger partial charge in [0.25, 0.3) is 10.2 Å². The average Bonchev–Trinajstić information content (AvgIpc) is 2.68. The number of hydrogen-bond donors (Lipinski definition) is 1. The molecule has 2 fully saturated rings. The first kappa shape index (κ1) is 21.8. The molecule has 2 heterocycles. The second-order valence-corrected chi connectivity index (χ2v) is 11.0. The minimum absolute atomic E-state index is 0.0108. The Morgan fingerprint density at radius 3 is 2.54 bits per heavy atom. The van der Waals surface area contributed by atoms with Gasteiger partial charge in [-0.15, -0.1) is 0 Å². The highest BCUT2D eigenvalue weighted by Crippen LogP contribution is 2.27. The summed E-state index contributed by atoms with van der Waals surface area (Å²) in [7, 11) is -3.48. The molecule has 1 N–H and O–H groups in total. The van der Waals surface area contributed by atoms with Crippen LogP contribution in [0.25, 0.3) is 0 Å². The Kier molecular flexibility index (Phi) is 7.56. The summed E-state index contributed by atoms with van der Waals surface area (Å²) in [5.41, 5.74) is 1.45. The third-order valence-corrected chi connectivity index (χ3v) is 8.31. The topological polar surface area (TPSA) is 69.7 Å². The predicted molar refractivity (Wildman–Crippen MR) is 112 cm³/mol. The molecule has 3 unspecified atom stereocenters. The summed E-state index contributed by atoms with van der Waals surface area (Å²) in [5.74, 6) is 0.549. The number of carbonyl (C=O) groups is 1. The van der Waals surface area contributed by atoms with E-state index in [1.54, 1.807) is 8.61 Å². The van der Waals surface area contributed by atoms with E-state index in [1.807, 2.05) is 0 Å². The molecule has 2 aliphatic heterocycles. The van der Waals surface area contributed by atoms with Crippen molar-refractivity contribution in [3.8, 4) is 0 Å². The molecular weight excluding hydrogens is 374 g/mol. The van der Waals surface area contributed by atoms with Crippen LogP contribution in [-0.4, -0.2) is 55.7 Å². The molecule has 7 heteroatoms. The Bertz CT molecular complexity index is 666. The Morgan fingerprint density at radius 2 is 1.86 bits per heavy atom. The Balaban J connectivity index is 1.52. The number of amides is 1. The molecule has 28 heavy (non-hydrogen) atoms. The molecule has 3 rings (SSSR count). The SMILES string of the molecule is CC1CC(C)CN(S(=O)(=O)N2CCCC(C(=O)NCCC3=CCCCC3)C2)C1. The van der Waals surface area contributed by atoms with Crippen molar-refractivity contribution in [2.24, 2.45) is 17.8 Å². The van der Waals surface area contributed by atoms with Crippen molar-refractivity contribution in [3.05, 3.63) is 11.6 Å². The molecule has 1 aliphatic carbocycles. The smallest absolute Gasteiger partial charge is 0.282 e. The van der Waals surface area contributed by atoms with E-state index in [0.717, 1.165) is 38.5 Å². The maximum Gasteiger partial charge on any atom is 0.282 e. The molecule has 0 radical (unpaired) electrons. The maximum absolute atomic E-state index is 13.1.